The van der Waals surface area contributed by atoms with Crippen molar-refractivity contribution in [1.82, 2.24) is 0 Å². The van der Waals surface area contributed by atoms with Crippen LogP contribution in [0.2, 0.25) is 0 Å². The SMILES string of the molecule is C.[2H][C@@](N)(C(C)=O)[C@H](O)c1ccc(O)c(O)c1.[2H][C@@](N)(C(C)=O)[C@]([2H])(O)c1ccc(O)c(O)c1.[2H][C@@](O)(c1ccc(O)c(O)c1)[C@H](N)C(C)=O. The number of phenolic OH excluding ortho intramolecular Hbond substituents is 6. The van der Waals surface area contributed by atoms with Crippen molar-refractivity contribution in [3.05, 3.63) is 71.3 Å². The van der Waals surface area contributed by atoms with Crippen molar-refractivity contribution < 1.29 is 65.8 Å². The third-order valence-corrected chi connectivity index (χ3v) is 5.90. The highest BCUT2D eigenvalue weighted by Crippen LogP contribution is 2.30. The second-order valence-corrected chi connectivity index (χ2v) is 9.36. The van der Waals surface area contributed by atoms with E-state index in [1.54, 1.807) is 0 Å². The van der Waals surface area contributed by atoms with Crippen LogP contribution >= 0.6 is 0 Å². The molecular weight excluding hydrogens is 606 g/mol. The van der Waals surface area contributed by atoms with Crippen LogP contribution in [0.5, 0.6) is 34.5 Å². The normalized spacial score (nSPS) is 18.3. The van der Waals surface area contributed by atoms with Crippen LogP contribution in [0.25, 0.3) is 0 Å². The van der Waals surface area contributed by atoms with Crippen LogP contribution in [-0.4, -0.2) is 81.4 Å². The summed E-state index contributed by atoms with van der Waals surface area (Å²) in [4.78, 5) is 33.2. The van der Waals surface area contributed by atoms with Gasteiger partial charge >= 0.3 is 0 Å². The van der Waals surface area contributed by atoms with E-state index in [1.165, 1.54) is 12.1 Å². The number of aliphatic hydroxyl groups excluding tert-OH is 1. The Morgan fingerprint density at radius 2 is 0.870 bits per heavy atom. The number of phenols is 6. The van der Waals surface area contributed by atoms with Gasteiger partial charge in [0.1, 0.15) is 35.6 Å². The molecule has 3 aromatic carbocycles. The van der Waals surface area contributed by atoms with Crippen molar-refractivity contribution >= 4 is 17.3 Å². The van der Waals surface area contributed by atoms with Gasteiger partial charge in [-0.05, 0) is 73.9 Å². The Hall–Kier alpha value is -4.77. The van der Waals surface area contributed by atoms with Crippen LogP contribution in [-0.2, 0) is 14.4 Å². The number of aromatic hydroxyl groups is 6. The molecule has 3 rings (SSSR count). The van der Waals surface area contributed by atoms with Crippen molar-refractivity contribution in [3.8, 4) is 34.5 Å². The largest absolute Gasteiger partial charge is 0.504 e. The van der Waals surface area contributed by atoms with E-state index < -0.39 is 76.7 Å². The summed E-state index contributed by atoms with van der Waals surface area (Å²) in [6.07, 6.45) is -6.64. The fourth-order valence-corrected chi connectivity index (χ4v) is 3.13. The lowest BCUT2D eigenvalue weighted by molar-refractivity contribution is -0.121. The number of Topliss-reactive ketones (excluding diaryl/α,β-unsaturated/α-hetero) is 3. The van der Waals surface area contributed by atoms with Crippen molar-refractivity contribution in [2.75, 3.05) is 0 Å². The van der Waals surface area contributed by atoms with Gasteiger partial charge in [0, 0.05) is 0 Å². The second kappa shape index (κ2) is 18.3. The first-order valence-corrected chi connectivity index (χ1v) is 12.7. The lowest BCUT2D eigenvalue weighted by Crippen LogP contribution is -2.35. The van der Waals surface area contributed by atoms with Gasteiger partial charge in [-0.15, -0.1) is 0 Å². The third kappa shape index (κ3) is 11.6. The maximum atomic E-state index is 11.1. The minimum absolute atomic E-state index is 0. The summed E-state index contributed by atoms with van der Waals surface area (Å²) in [7, 11) is 0. The Bertz CT molecular complexity index is 1690. The van der Waals surface area contributed by atoms with Crippen LogP contribution < -0.4 is 17.2 Å². The quantitative estimate of drug-likeness (QED) is 0.142. The third-order valence-electron chi connectivity index (χ3n) is 5.90. The van der Waals surface area contributed by atoms with Crippen LogP contribution in [0.15, 0.2) is 54.6 Å². The summed E-state index contributed by atoms with van der Waals surface area (Å²) in [5.41, 5.74) is 15.8. The number of rotatable bonds is 9. The van der Waals surface area contributed by atoms with E-state index in [2.05, 4.69) is 0 Å². The standard InChI is InChI=1S/3C10H13NO4.CH4/c3*1-5(12)9(11)10(15)6-2-3-7(13)8(14)4-6;/h3*2-4,9-10,13-15H,11H2,1H3;1H4/t3*9-,10-;/m111./s1/i9D,10D;10D;9D;. The number of carbonyl (C=O) groups is 3. The Labute approximate surface area is 271 Å². The molecule has 0 aliphatic carbocycles. The molecule has 0 spiro atoms. The number of ketones is 3. The molecule has 0 radical (unpaired) electrons. The minimum atomic E-state index is -2.73. The molecule has 0 bridgehead atoms. The molecule has 0 saturated heterocycles. The Balaban J connectivity index is 0.000000714. The first-order valence-electron chi connectivity index (χ1n) is 14.7. The number of aliphatic hydroxyl groups is 3. The molecule has 254 valence electrons. The van der Waals surface area contributed by atoms with Gasteiger partial charge in [0.2, 0.25) is 0 Å². The predicted octanol–water partition coefficient (Wildman–Crippen LogP) is 0.779. The summed E-state index contributed by atoms with van der Waals surface area (Å²) in [5, 5.41) is 84.2. The topological polar surface area (TPSA) is 311 Å². The van der Waals surface area contributed by atoms with Crippen molar-refractivity contribution in [2.45, 2.75) is 64.5 Å². The molecule has 0 heterocycles. The number of hydrogen-bond acceptors (Lipinski definition) is 15. The van der Waals surface area contributed by atoms with Gasteiger partial charge in [-0.1, -0.05) is 25.6 Å². The monoisotopic (exact) mass is 653 g/mol. The van der Waals surface area contributed by atoms with Gasteiger partial charge in [-0.3, -0.25) is 14.4 Å². The molecule has 46 heavy (non-hydrogen) atoms. The van der Waals surface area contributed by atoms with Gasteiger partial charge in [0.05, 0.1) is 23.6 Å². The van der Waals surface area contributed by atoms with E-state index in [0.29, 0.717) is 0 Å². The molecule has 3 aromatic rings. The molecule has 0 aliphatic heterocycles. The molecule has 0 aromatic heterocycles. The molecule has 15 N–H and O–H groups in total. The number of carbonyl (C=O) groups excluding carboxylic acids is 3. The van der Waals surface area contributed by atoms with Gasteiger partial charge in [0.15, 0.2) is 34.5 Å². The molecule has 15 heteroatoms. The van der Waals surface area contributed by atoms with Gasteiger partial charge < -0.3 is 63.2 Å². The zero-order chi connectivity index (χ0) is 38.4. The minimum Gasteiger partial charge on any atom is -0.504 e. The average Bonchev–Trinajstić information content (AvgIpc) is 3.00. The van der Waals surface area contributed by atoms with Crippen LogP contribution in [0.3, 0.4) is 0 Å². The molecule has 0 aliphatic rings. The predicted molar refractivity (Wildman–Crippen MR) is 167 cm³/mol. The highest BCUT2D eigenvalue weighted by molar-refractivity contribution is 5.83. The lowest BCUT2D eigenvalue weighted by atomic mass is 10.00. The van der Waals surface area contributed by atoms with E-state index >= 15 is 0 Å². The maximum absolute atomic E-state index is 11.1. The average molecular weight is 654 g/mol. The first-order chi connectivity index (χ1) is 22.1. The molecular formula is C31H43N3O12. The van der Waals surface area contributed by atoms with Crippen LogP contribution in [0, 0.1) is 0 Å². The fourth-order valence-electron chi connectivity index (χ4n) is 3.13. The summed E-state index contributed by atoms with van der Waals surface area (Å²) in [6.45, 7) is 3.23. The summed E-state index contributed by atoms with van der Waals surface area (Å²) >= 11 is 0. The molecule has 0 amide bonds. The smallest absolute Gasteiger partial charge is 0.157 e. The van der Waals surface area contributed by atoms with Crippen molar-refractivity contribution in [1.29, 1.82) is 0 Å². The zero-order valence-electron chi connectivity index (χ0n) is 28.3. The fraction of sp³-hybridized carbons (Fsp3) is 0.323. The number of nitrogens with two attached hydrogens (primary N) is 3. The van der Waals surface area contributed by atoms with E-state index in [-0.39, 0.29) is 35.6 Å². The maximum Gasteiger partial charge on any atom is 0.157 e. The van der Waals surface area contributed by atoms with Crippen molar-refractivity contribution in [2.24, 2.45) is 17.2 Å². The molecule has 6 atom stereocenters. The Kier molecular flexibility index (Phi) is 13.5. The first kappa shape index (κ1) is 34.1. The summed E-state index contributed by atoms with van der Waals surface area (Å²) in [5.74, 6) is -4.84. The Morgan fingerprint density at radius 1 is 0.543 bits per heavy atom. The number of hydrogen-bond donors (Lipinski definition) is 12. The highest BCUT2D eigenvalue weighted by atomic mass is 16.3. The van der Waals surface area contributed by atoms with Crippen molar-refractivity contribution in [3.63, 3.8) is 0 Å². The highest BCUT2D eigenvalue weighted by Gasteiger charge is 2.23. The van der Waals surface area contributed by atoms with E-state index in [0.717, 1.165) is 63.2 Å². The molecule has 0 saturated carbocycles. The van der Waals surface area contributed by atoms with E-state index in [9.17, 15) is 45.0 Å². The second-order valence-electron chi connectivity index (χ2n) is 9.36. The zero-order valence-corrected chi connectivity index (χ0v) is 24.3. The van der Waals surface area contributed by atoms with E-state index in [1.807, 2.05) is 0 Å². The van der Waals surface area contributed by atoms with Crippen LogP contribution in [0.1, 0.15) is 68.6 Å². The van der Waals surface area contributed by atoms with Gasteiger partial charge in [-0.25, -0.2) is 0 Å². The van der Waals surface area contributed by atoms with Gasteiger partial charge in [0.25, 0.3) is 0 Å². The molecule has 0 unspecified atom stereocenters. The molecule has 0 fully saturated rings. The molecule has 15 nitrogen and oxygen atoms in total. The Morgan fingerprint density at radius 3 is 1.20 bits per heavy atom. The van der Waals surface area contributed by atoms with Gasteiger partial charge in [-0.2, -0.15) is 0 Å². The number of benzene rings is 3. The summed E-state index contributed by atoms with van der Waals surface area (Å²) in [6, 6.07) is 3.62. The lowest BCUT2D eigenvalue weighted by Gasteiger charge is -2.16. The summed E-state index contributed by atoms with van der Waals surface area (Å²) < 4.78 is 30.2. The van der Waals surface area contributed by atoms with E-state index in [4.69, 9.17) is 38.0 Å². The van der Waals surface area contributed by atoms with Crippen LogP contribution in [0.4, 0.5) is 0 Å².